The summed E-state index contributed by atoms with van der Waals surface area (Å²) in [7, 11) is 0. The van der Waals surface area contributed by atoms with Gasteiger partial charge in [0.05, 0.1) is 5.69 Å². The second kappa shape index (κ2) is 10.8. The predicted molar refractivity (Wildman–Crippen MR) is 194 cm³/mol. The minimum atomic E-state index is 0.888. The minimum absolute atomic E-state index is 0.888. The summed E-state index contributed by atoms with van der Waals surface area (Å²) in [6.07, 6.45) is 0. The van der Waals surface area contributed by atoms with E-state index in [2.05, 4.69) is 181 Å². The van der Waals surface area contributed by atoms with E-state index in [-0.39, 0.29) is 0 Å². The number of fused-ring (bicyclic) bond motifs is 6. The first-order chi connectivity index (χ1) is 22.8. The Morgan fingerprint density at radius 2 is 0.978 bits per heavy atom. The van der Waals surface area contributed by atoms with Crippen molar-refractivity contribution in [3.63, 3.8) is 0 Å². The Kier molecular flexibility index (Phi) is 6.17. The summed E-state index contributed by atoms with van der Waals surface area (Å²) in [5.74, 6) is 0. The van der Waals surface area contributed by atoms with Crippen LogP contribution < -0.4 is 4.90 Å². The second-order valence-electron chi connectivity index (χ2n) is 11.7. The van der Waals surface area contributed by atoms with E-state index in [4.69, 9.17) is 4.42 Å². The zero-order valence-corrected chi connectivity index (χ0v) is 25.1. The number of rotatable bonds is 5. The Morgan fingerprint density at radius 1 is 0.370 bits per heavy atom. The van der Waals surface area contributed by atoms with Crippen molar-refractivity contribution in [2.45, 2.75) is 0 Å². The maximum Gasteiger partial charge on any atom is 0.136 e. The number of anilines is 3. The van der Waals surface area contributed by atoms with Crippen molar-refractivity contribution < 1.29 is 4.42 Å². The Bertz CT molecular complexity index is 2510. The van der Waals surface area contributed by atoms with Crippen molar-refractivity contribution in [2.75, 3.05) is 4.90 Å². The number of hydrogen-bond acceptors (Lipinski definition) is 2. The quantitative estimate of drug-likeness (QED) is 0.199. The molecule has 0 amide bonds. The van der Waals surface area contributed by atoms with Crippen molar-refractivity contribution in [3.05, 3.63) is 176 Å². The summed E-state index contributed by atoms with van der Waals surface area (Å²) in [6.45, 7) is 0. The molecule has 9 aromatic rings. The fourth-order valence-electron chi connectivity index (χ4n) is 6.88. The van der Waals surface area contributed by atoms with Gasteiger partial charge in [-0.3, -0.25) is 0 Å². The number of hydrogen-bond donors (Lipinski definition) is 0. The lowest BCUT2D eigenvalue weighted by Crippen LogP contribution is -2.10. The summed E-state index contributed by atoms with van der Waals surface area (Å²) < 4.78 is 6.39. The van der Waals surface area contributed by atoms with E-state index in [1.54, 1.807) is 0 Å². The highest BCUT2D eigenvalue weighted by Gasteiger charge is 2.19. The van der Waals surface area contributed by atoms with Crippen LogP contribution in [0.3, 0.4) is 0 Å². The van der Waals surface area contributed by atoms with Crippen molar-refractivity contribution in [1.29, 1.82) is 0 Å². The van der Waals surface area contributed by atoms with Crippen molar-refractivity contribution in [1.82, 2.24) is 0 Å². The van der Waals surface area contributed by atoms with Crippen molar-refractivity contribution >= 4 is 60.5 Å². The maximum absolute atomic E-state index is 6.39. The Balaban J connectivity index is 1.29. The normalized spacial score (nSPS) is 11.5. The van der Waals surface area contributed by atoms with Crippen LogP contribution in [0, 0.1) is 0 Å². The molecule has 0 aliphatic carbocycles. The molecule has 0 saturated carbocycles. The van der Waals surface area contributed by atoms with Crippen LogP contribution in [0.5, 0.6) is 0 Å². The zero-order valence-electron chi connectivity index (χ0n) is 25.1. The summed E-state index contributed by atoms with van der Waals surface area (Å²) in [4.78, 5) is 2.38. The van der Waals surface area contributed by atoms with Gasteiger partial charge < -0.3 is 9.32 Å². The van der Waals surface area contributed by atoms with Gasteiger partial charge in [-0.05, 0) is 80.9 Å². The molecule has 0 saturated heterocycles. The monoisotopic (exact) mass is 587 g/mol. The van der Waals surface area contributed by atoms with Crippen LogP contribution in [0.15, 0.2) is 180 Å². The molecular weight excluding hydrogens is 558 g/mol. The fraction of sp³-hybridized carbons (Fsp3) is 0. The molecule has 0 aliphatic heterocycles. The number of benzene rings is 8. The highest BCUT2D eigenvalue weighted by atomic mass is 16.3. The van der Waals surface area contributed by atoms with Crippen LogP contribution in [-0.2, 0) is 0 Å². The van der Waals surface area contributed by atoms with E-state index in [0.717, 1.165) is 39.0 Å². The van der Waals surface area contributed by atoms with Gasteiger partial charge in [-0.1, -0.05) is 133 Å². The first kappa shape index (κ1) is 26.3. The van der Waals surface area contributed by atoms with Gasteiger partial charge >= 0.3 is 0 Å². The smallest absolute Gasteiger partial charge is 0.136 e. The average Bonchev–Trinajstić information content (AvgIpc) is 3.51. The molecule has 2 nitrogen and oxygen atoms in total. The molecule has 216 valence electrons. The predicted octanol–water partition coefficient (Wildman–Crippen LogP) is 12.7. The lowest BCUT2D eigenvalue weighted by Gasteiger charge is -2.28. The topological polar surface area (TPSA) is 16.4 Å². The Labute approximate surface area is 267 Å². The standard InChI is InChI=1S/C44H29NO/c1-3-11-30(12-4-1)31-19-22-34(23-20-31)45(41-26-25-36(32-13-5-2-6-14-32)38-17-9-10-18-39(38)41)35-24-28-42-40(29-35)44-37-16-8-7-15-33(37)21-27-43(44)46-42/h1-29H. The summed E-state index contributed by atoms with van der Waals surface area (Å²) >= 11 is 0. The molecular formula is C44H29NO. The first-order valence-electron chi connectivity index (χ1n) is 15.7. The van der Waals surface area contributed by atoms with Crippen molar-refractivity contribution in [2.24, 2.45) is 0 Å². The third kappa shape index (κ3) is 4.35. The van der Waals surface area contributed by atoms with Gasteiger partial charge in [0.15, 0.2) is 0 Å². The van der Waals surface area contributed by atoms with Crippen LogP contribution >= 0.6 is 0 Å². The molecule has 46 heavy (non-hydrogen) atoms. The third-order valence-electron chi connectivity index (χ3n) is 9.06. The van der Waals surface area contributed by atoms with Crippen molar-refractivity contribution in [3.8, 4) is 22.3 Å². The Morgan fingerprint density at radius 3 is 1.76 bits per heavy atom. The molecule has 9 rings (SSSR count). The van der Waals surface area contributed by atoms with E-state index in [9.17, 15) is 0 Å². The molecule has 0 unspecified atom stereocenters. The van der Waals surface area contributed by atoms with E-state index in [0.29, 0.717) is 0 Å². The molecule has 0 bridgehead atoms. The number of nitrogens with zero attached hydrogens (tertiary/aromatic N) is 1. The average molecular weight is 588 g/mol. The first-order valence-corrected chi connectivity index (χ1v) is 15.7. The van der Waals surface area contributed by atoms with E-state index >= 15 is 0 Å². The summed E-state index contributed by atoms with van der Waals surface area (Å²) in [5, 5.41) is 7.09. The maximum atomic E-state index is 6.39. The highest BCUT2D eigenvalue weighted by Crippen LogP contribution is 2.44. The van der Waals surface area contributed by atoms with Crippen LogP contribution in [-0.4, -0.2) is 0 Å². The molecule has 0 spiro atoms. The molecule has 0 radical (unpaired) electrons. The SMILES string of the molecule is c1ccc(-c2ccc(N(c3ccc4oc5ccc6ccccc6c5c4c3)c3ccc(-c4ccccc4)c4ccccc34)cc2)cc1. The molecule has 0 aliphatic rings. The van der Waals surface area contributed by atoms with Crippen LogP contribution in [0.2, 0.25) is 0 Å². The van der Waals surface area contributed by atoms with Gasteiger partial charge in [0.25, 0.3) is 0 Å². The van der Waals surface area contributed by atoms with E-state index in [1.807, 2.05) is 0 Å². The Hall–Kier alpha value is -6.12. The summed E-state index contributed by atoms with van der Waals surface area (Å²) in [6, 6.07) is 62.7. The van der Waals surface area contributed by atoms with Gasteiger partial charge in [0.1, 0.15) is 11.2 Å². The fourth-order valence-corrected chi connectivity index (χ4v) is 6.88. The highest BCUT2D eigenvalue weighted by molar-refractivity contribution is 6.19. The van der Waals surface area contributed by atoms with Crippen LogP contribution in [0.25, 0.3) is 65.7 Å². The van der Waals surface area contributed by atoms with E-state index < -0.39 is 0 Å². The van der Waals surface area contributed by atoms with Gasteiger partial charge in [-0.2, -0.15) is 0 Å². The van der Waals surface area contributed by atoms with E-state index in [1.165, 1.54) is 43.8 Å². The third-order valence-corrected chi connectivity index (χ3v) is 9.06. The van der Waals surface area contributed by atoms with Gasteiger partial charge in [0, 0.05) is 27.5 Å². The molecule has 0 atom stereocenters. The van der Waals surface area contributed by atoms with Gasteiger partial charge in [0.2, 0.25) is 0 Å². The molecule has 2 heteroatoms. The van der Waals surface area contributed by atoms with Crippen LogP contribution in [0.4, 0.5) is 17.1 Å². The van der Waals surface area contributed by atoms with Crippen LogP contribution in [0.1, 0.15) is 0 Å². The summed E-state index contributed by atoms with van der Waals surface area (Å²) in [5.41, 5.74) is 9.92. The molecule has 1 heterocycles. The molecule has 0 N–H and O–H groups in total. The zero-order chi connectivity index (χ0) is 30.5. The molecule has 1 aromatic heterocycles. The molecule has 0 fully saturated rings. The minimum Gasteiger partial charge on any atom is -0.456 e. The second-order valence-corrected chi connectivity index (χ2v) is 11.7. The van der Waals surface area contributed by atoms with Gasteiger partial charge in [-0.15, -0.1) is 0 Å². The number of furan rings is 1. The lowest BCUT2D eigenvalue weighted by molar-refractivity contribution is 0.669. The van der Waals surface area contributed by atoms with Gasteiger partial charge in [-0.25, -0.2) is 0 Å². The molecule has 8 aromatic carbocycles. The largest absolute Gasteiger partial charge is 0.456 e. The lowest BCUT2D eigenvalue weighted by atomic mass is 9.96.